The highest BCUT2D eigenvalue weighted by molar-refractivity contribution is 5.12. The van der Waals surface area contributed by atoms with Crippen molar-refractivity contribution in [1.29, 1.82) is 0 Å². The minimum Gasteiger partial charge on any atom is -0.316 e. The van der Waals surface area contributed by atoms with Crippen molar-refractivity contribution in [3.05, 3.63) is 0 Å². The van der Waals surface area contributed by atoms with Gasteiger partial charge in [-0.15, -0.1) is 0 Å². The van der Waals surface area contributed by atoms with Crippen molar-refractivity contribution in [3.8, 4) is 0 Å². The molecule has 0 radical (unpaired) electrons. The van der Waals surface area contributed by atoms with Gasteiger partial charge in [0.1, 0.15) is 0 Å². The van der Waals surface area contributed by atoms with Gasteiger partial charge in [0.05, 0.1) is 0 Å². The summed E-state index contributed by atoms with van der Waals surface area (Å²) in [7, 11) is 2.33. The van der Waals surface area contributed by atoms with Gasteiger partial charge in [0, 0.05) is 43.2 Å². The van der Waals surface area contributed by atoms with Crippen molar-refractivity contribution in [1.82, 2.24) is 20.7 Å². The van der Waals surface area contributed by atoms with Gasteiger partial charge in [-0.2, -0.15) is 0 Å². The van der Waals surface area contributed by atoms with Crippen LogP contribution in [0.4, 0.5) is 0 Å². The zero-order chi connectivity index (χ0) is 10.8. The molecule has 0 amide bonds. The van der Waals surface area contributed by atoms with Gasteiger partial charge in [0.25, 0.3) is 0 Å². The zero-order valence-corrected chi connectivity index (χ0v) is 10.1. The first kappa shape index (κ1) is 9.83. The lowest BCUT2D eigenvalue weighted by molar-refractivity contribution is 0.0199. The highest BCUT2D eigenvalue weighted by Crippen LogP contribution is 2.46. The van der Waals surface area contributed by atoms with Gasteiger partial charge in [-0.05, 0) is 32.9 Å². The SMILES string of the molecule is CN1CC2C3CNCCC3NN2CC12CC2. The molecule has 4 rings (SSSR count). The number of hydrogen-bond acceptors (Lipinski definition) is 4. The van der Waals surface area contributed by atoms with Gasteiger partial charge < -0.3 is 5.32 Å². The minimum atomic E-state index is 0.546. The van der Waals surface area contributed by atoms with Crippen LogP contribution in [0, 0.1) is 5.92 Å². The van der Waals surface area contributed by atoms with Crippen LogP contribution in [0.2, 0.25) is 0 Å². The topological polar surface area (TPSA) is 30.5 Å². The third-order valence-electron chi connectivity index (χ3n) is 5.32. The Morgan fingerprint density at radius 1 is 1.31 bits per heavy atom. The van der Waals surface area contributed by atoms with E-state index in [1.165, 1.54) is 45.4 Å². The molecule has 3 aliphatic heterocycles. The fourth-order valence-corrected chi connectivity index (χ4v) is 3.98. The number of fused-ring (bicyclic) bond motifs is 3. The molecule has 0 aromatic heterocycles. The number of piperazine rings is 1. The van der Waals surface area contributed by atoms with E-state index < -0.39 is 0 Å². The second kappa shape index (κ2) is 3.19. The summed E-state index contributed by atoms with van der Waals surface area (Å²) in [5.74, 6) is 0.826. The van der Waals surface area contributed by atoms with E-state index in [9.17, 15) is 0 Å². The molecule has 4 aliphatic rings. The molecule has 16 heavy (non-hydrogen) atoms. The summed E-state index contributed by atoms with van der Waals surface area (Å²) >= 11 is 0. The summed E-state index contributed by atoms with van der Waals surface area (Å²) in [5.41, 5.74) is 4.32. The first-order valence-electron chi connectivity index (χ1n) is 6.73. The lowest BCUT2D eigenvalue weighted by Crippen LogP contribution is -2.59. The van der Waals surface area contributed by atoms with E-state index in [0.29, 0.717) is 5.54 Å². The number of hydrazine groups is 1. The predicted molar refractivity (Wildman–Crippen MR) is 63.0 cm³/mol. The number of piperidine rings is 1. The zero-order valence-electron chi connectivity index (χ0n) is 10.1. The molecule has 3 saturated heterocycles. The van der Waals surface area contributed by atoms with E-state index in [0.717, 1.165) is 18.0 Å². The molecular formula is C12H22N4. The third-order valence-corrected chi connectivity index (χ3v) is 5.32. The Bertz CT molecular complexity index is 301. The number of nitrogens with one attached hydrogen (secondary N) is 2. The molecule has 4 fully saturated rings. The Hall–Kier alpha value is -0.160. The second-order valence-electron chi connectivity index (χ2n) is 6.19. The van der Waals surface area contributed by atoms with E-state index in [2.05, 4.69) is 27.7 Å². The number of likely N-dealkylation sites (N-methyl/N-ethyl adjacent to an activating group) is 1. The van der Waals surface area contributed by atoms with Crippen LogP contribution in [0.25, 0.3) is 0 Å². The van der Waals surface area contributed by atoms with Crippen molar-refractivity contribution in [2.24, 2.45) is 5.92 Å². The lowest BCUT2D eigenvalue weighted by Gasteiger charge is -2.43. The molecule has 1 aliphatic carbocycles. The van der Waals surface area contributed by atoms with E-state index in [1.54, 1.807) is 0 Å². The van der Waals surface area contributed by atoms with Gasteiger partial charge in [0.2, 0.25) is 0 Å². The molecule has 0 bridgehead atoms. The highest BCUT2D eigenvalue weighted by Gasteiger charge is 2.56. The quantitative estimate of drug-likeness (QED) is 0.585. The van der Waals surface area contributed by atoms with Crippen LogP contribution in [0.1, 0.15) is 19.3 Å². The summed E-state index contributed by atoms with van der Waals surface area (Å²) in [6, 6.07) is 1.49. The standard InChI is InChI=1S/C12H22N4/c1-15-7-11-9-6-13-5-2-10(9)14-16(11)8-12(15)3-4-12/h9-11,13-14H,2-8H2,1H3. The van der Waals surface area contributed by atoms with Crippen molar-refractivity contribution in [2.45, 2.75) is 36.9 Å². The van der Waals surface area contributed by atoms with Crippen LogP contribution < -0.4 is 10.7 Å². The van der Waals surface area contributed by atoms with Crippen LogP contribution in [0.5, 0.6) is 0 Å². The second-order valence-corrected chi connectivity index (χ2v) is 6.19. The first-order chi connectivity index (χ1) is 7.78. The summed E-state index contributed by atoms with van der Waals surface area (Å²) in [4.78, 5) is 2.63. The molecule has 3 heterocycles. The lowest BCUT2D eigenvalue weighted by atomic mass is 9.87. The monoisotopic (exact) mass is 222 g/mol. The normalized spacial score (nSPS) is 46.7. The fourth-order valence-electron chi connectivity index (χ4n) is 3.98. The van der Waals surface area contributed by atoms with Crippen molar-refractivity contribution in [3.63, 3.8) is 0 Å². The Balaban J connectivity index is 1.57. The number of rotatable bonds is 0. The van der Waals surface area contributed by atoms with Gasteiger partial charge in [-0.3, -0.25) is 10.3 Å². The maximum absolute atomic E-state index is 3.78. The summed E-state index contributed by atoms with van der Waals surface area (Å²) in [6.07, 6.45) is 4.11. The van der Waals surface area contributed by atoms with Crippen LogP contribution in [-0.2, 0) is 0 Å². The molecule has 90 valence electrons. The Morgan fingerprint density at radius 2 is 2.19 bits per heavy atom. The largest absolute Gasteiger partial charge is 0.316 e. The van der Waals surface area contributed by atoms with E-state index in [4.69, 9.17) is 0 Å². The van der Waals surface area contributed by atoms with Crippen LogP contribution in [0.3, 0.4) is 0 Å². The first-order valence-corrected chi connectivity index (χ1v) is 6.73. The number of nitrogens with zero attached hydrogens (tertiary/aromatic N) is 2. The van der Waals surface area contributed by atoms with Gasteiger partial charge in [0.15, 0.2) is 0 Å². The Labute approximate surface area is 97.3 Å². The average molecular weight is 222 g/mol. The maximum Gasteiger partial charge on any atom is 0.0427 e. The van der Waals surface area contributed by atoms with Crippen LogP contribution in [0.15, 0.2) is 0 Å². The molecule has 2 N–H and O–H groups in total. The summed E-state index contributed by atoms with van der Waals surface area (Å²) in [5, 5.41) is 6.13. The highest BCUT2D eigenvalue weighted by atomic mass is 15.6. The average Bonchev–Trinajstić information content (AvgIpc) is 2.97. The fraction of sp³-hybridized carbons (Fsp3) is 1.00. The van der Waals surface area contributed by atoms with E-state index in [-0.39, 0.29) is 0 Å². The smallest absolute Gasteiger partial charge is 0.0427 e. The molecule has 3 atom stereocenters. The molecular weight excluding hydrogens is 200 g/mol. The predicted octanol–water partition coefficient (Wildman–Crippen LogP) is -0.369. The third kappa shape index (κ3) is 1.24. The van der Waals surface area contributed by atoms with Gasteiger partial charge in [-0.25, -0.2) is 5.01 Å². The minimum absolute atomic E-state index is 0.546. The molecule has 0 aromatic rings. The molecule has 1 saturated carbocycles. The van der Waals surface area contributed by atoms with Crippen LogP contribution >= 0.6 is 0 Å². The maximum atomic E-state index is 3.78. The van der Waals surface area contributed by atoms with Crippen molar-refractivity contribution < 1.29 is 0 Å². The van der Waals surface area contributed by atoms with Crippen molar-refractivity contribution >= 4 is 0 Å². The Kier molecular flexibility index (Phi) is 1.96. The Morgan fingerprint density at radius 3 is 3.00 bits per heavy atom. The molecule has 3 unspecified atom stereocenters. The molecule has 4 nitrogen and oxygen atoms in total. The molecule has 4 heteroatoms. The van der Waals surface area contributed by atoms with Gasteiger partial charge in [-0.1, -0.05) is 0 Å². The molecule has 1 spiro atoms. The van der Waals surface area contributed by atoms with Gasteiger partial charge >= 0.3 is 0 Å². The molecule has 0 aromatic carbocycles. The summed E-state index contributed by atoms with van der Waals surface area (Å²) in [6.45, 7) is 4.91. The van der Waals surface area contributed by atoms with E-state index >= 15 is 0 Å². The number of hydrogen-bond donors (Lipinski definition) is 2. The van der Waals surface area contributed by atoms with Crippen LogP contribution in [-0.4, -0.2) is 60.8 Å². The van der Waals surface area contributed by atoms with E-state index in [1.807, 2.05) is 0 Å². The van der Waals surface area contributed by atoms with Crippen molar-refractivity contribution in [2.75, 3.05) is 33.2 Å². The summed E-state index contributed by atoms with van der Waals surface area (Å²) < 4.78 is 0.